The van der Waals surface area contributed by atoms with Crippen LogP contribution in [0.4, 0.5) is 0 Å². The van der Waals surface area contributed by atoms with Crippen LogP contribution in [0.2, 0.25) is 10.0 Å². The van der Waals surface area contributed by atoms with Gasteiger partial charge in [0, 0.05) is 33.8 Å². The highest BCUT2D eigenvalue weighted by atomic mass is 35.5. The van der Waals surface area contributed by atoms with Gasteiger partial charge in [0.05, 0.1) is 0 Å². The minimum absolute atomic E-state index is 0.0368. The van der Waals surface area contributed by atoms with E-state index in [-0.39, 0.29) is 30.4 Å². The number of aromatic nitrogens is 2. The third kappa shape index (κ3) is 5.42. The van der Waals surface area contributed by atoms with E-state index in [9.17, 15) is 9.59 Å². The molecule has 1 fully saturated rings. The molecule has 0 bridgehead atoms. The van der Waals surface area contributed by atoms with Crippen LogP contribution >= 0.6 is 23.2 Å². The molecule has 0 aliphatic carbocycles. The van der Waals surface area contributed by atoms with Gasteiger partial charge in [-0.2, -0.15) is 4.98 Å². The van der Waals surface area contributed by atoms with Crippen molar-refractivity contribution in [1.29, 1.82) is 0 Å². The van der Waals surface area contributed by atoms with Crippen molar-refractivity contribution in [3.05, 3.63) is 70.0 Å². The molecule has 178 valence electrons. The largest absolute Gasteiger partial charge is 0.337 e. The lowest BCUT2D eigenvalue weighted by atomic mass is 10.0. The summed E-state index contributed by atoms with van der Waals surface area (Å²) in [6, 6.07) is 13.4. The second-order valence-corrected chi connectivity index (χ2v) is 9.47. The average molecular weight is 501 g/mol. The molecule has 0 radical (unpaired) electrons. The molecular formula is C25H26Cl2N4O3. The van der Waals surface area contributed by atoms with Crippen molar-refractivity contribution in [3.63, 3.8) is 0 Å². The summed E-state index contributed by atoms with van der Waals surface area (Å²) in [6.07, 6.45) is 2.54. The number of likely N-dealkylation sites (tertiary alicyclic amines) is 1. The zero-order valence-electron chi connectivity index (χ0n) is 19.1. The van der Waals surface area contributed by atoms with E-state index < -0.39 is 0 Å². The SMILES string of the molecule is CC(C)N(CC(=O)N1CCCCC1c1nc(-c2cccc(Cl)c2)no1)C(=O)c1ccc(Cl)cc1. The first kappa shape index (κ1) is 24.2. The molecule has 4 rings (SSSR count). The maximum atomic E-state index is 13.4. The molecule has 34 heavy (non-hydrogen) atoms. The van der Waals surface area contributed by atoms with Crippen molar-refractivity contribution >= 4 is 35.0 Å². The maximum absolute atomic E-state index is 13.4. The van der Waals surface area contributed by atoms with Gasteiger partial charge in [-0.3, -0.25) is 9.59 Å². The van der Waals surface area contributed by atoms with Crippen molar-refractivity contribution in [2.24, 2.45) is 0 Å². The predicted molar refractivity (Wildman–Crippen MR) is 131 cm³/mol. The summed E-state index contributed by atoms with van der Waals surface area (Å²) in [4.78, 5) is 34.4. The predicted octanol–water partition coefficient (Wildman–Crippen LogP) is 5.65. The Balaban J connectivity index is 1.53. The highest BCUT2D eigenvalue weighted by Crippen LogP contribution is 2.32. The Kier molecular flexibility index (Phi) is 7.54. The van der Waals surface area contributed by atoms with Gasteiger partial charge in [0.2, 0.25) is 17.6 Å². The van der Waals surface area contributed by atoms with Gasteiger partial charge >= 0.3 is 0 Å². The second kappa shape index (κ2) is 10.6. The van der Waals surface area contributed by atoms with Crippen LogP contribution < -0.4 is 0 Å². The molecular weight excluding hydrogens is 475 g/mol. The lowest BCUT2D eigenvalue weighted by Gasteiger charge is -2.36. The summed E-state index contributed by atoms with van der Waals surface area (Å²) in [7, 11) is 0. The van der Waals surface area contributed by atoms with Gasteiger partial charge in [-0.25, -0.2) is 0 Å². The van der Waals surface area contributed by atoms with Crippen LogP contribution in [0.15, 0.2) is 53.1 Å². The number of carbonyl (C=O) groups is 2. The van der Waals surface area contributed by atoms with E-state index in [2.05, 4.69) is 10.1 Å². The van der Waals surface area contributed by atoms with Crippen molar-refractivity contribution < 1.29 is 14.1 Å². The monoisotopic (exact) mass is 500 g/mol. The molecule has 1 atom stereocenters. The smallest absolute Gasteiger partial charge is 0.254 e. The Morgan fingerprint density at radius 2 is 1.88 bits per heavy atom. The normalized spacial score (nSPS) is 16.0. The lowest BCUT2D eigenvalue weighted by molar-refractivity contribution is -0.136. The number of nitrogens with zero attached hydrogens (tertiary/aromatic N) is 4. The first-order chi connectivity index (χ1) is 16.3. The van der Waals surface area contributed by atoms with E-state index in [1.807, 2.05) is 26.0 Å². The van der Waals surface area contributed by atoms with Gasteiger partial charge in [-0.1, -0.05) is 40.5 Å². The quantitative estimate of drug-likeness (QED) is 0.436. The standard InChI is InChI=1S/C25H26Cl2N4O3/c1-16(2)31(25(33)17-9-11-19(26)12-10-17)15-22(32)30-13-4-3-8-21(30)24-28-23(29-34-24)18-6-5-7-20(27)14-18/h5-7,9-12,14,16,21H,3-4,8,13,15H2,1-2H3. The molecule has 9 heteroatoms. The fourth-order valence-corrected chi connectivity index (χ4v) is 4.40. The topological polar surface area (TPSA) is 79.5 Å². The van der Waals surface area contributed by atoms with Crippen LogP contribution in [-0.4, -0.2) is 50.9 Å². The minimum Gasteiger partial charge on any atom is -0.337 e. The molecule has 1 unspecified atom stereocenters. The molecule has 0 N–H and O–H groups in total. The molecule has 1 aliphatic heterocycles. The fourth-order valence-electron chi connectivity index (χ4n) is 4.09. The van der Waals surface area contributed by atoms with Crippen LogP contribution in [0, 0.1) is 0 Å². The van der Waals surface area contributed by atoms with Gasteiger partial charge < -0.3 is 14.3 Å². The molecule has 2 heterocycles. The highest BCUT2D eigenvalue weighted by Gasteiger charge is 2.34. The number of carbonyl (C=O) groups excluding carboxylic acids is 2. The summed E-state index contributed by atoms with van der Waals surface area (Å²) in [5, 5.41) is 5.24. The number of piperidine rings is 1. The molecule has 3 aromatic rings. The summed E-state index contributed by atoms with van der Waals surface area (Å²) < 4.78 is 5.57. The molecule has 1 aliphatic rings. The van der Waals surface area contributed by atoms with Crippen LogP contribution in [0.25, 0.3) is 11.4 Å². The summed E-state index contributed by atoms with van der Waals surface area (Å²) in [6.45, 7) is 4.32. The van der Waals surface area contributed by atoms with E-state index in [1.165, 1.54) is 0 Å². The average Bonchev–Trinajstić information content (AvgIpc) is 3.32. The van der Waals surface area contributed by atoms with Crippen molar-refractivity contribution in [1.82, 2.24) is 19.9 Å². The third-order valence-corrected chi connectivity index (χ3v) is 6.40. The highest BCUT2D eigenvalue weighted by molar-refractivity contribution is 6.31. The van der Waals surface area contributed by atoms with Gasteiger partial charge in [0.25, 0.3) is 5.91 Å². The molecule has 0 spiro atoms. The Hall–Kier alpha value is -2.90. The zero-order valence-corrected chi connectivity index (χ0v) is 20.6. The van der Waals surface area contributed by atoms with Crippen LogP contribution in [0.5, 0.6) is 0 Å². The van der Waals surface area contributed by atoms with Gasteiger partial charge in [-0.15, -0.1) is 0 Å². The van der Waals surface area contributed by atoms with E-state index in [0.29, 0.717) is 33.9 Å². The number of benzene rings is 2. The minimum atomic E-state index is -0.332. The second-order valence-electron chi connectivity index (χ2n) is 8.60. The van der Waals surface area contributed by atoms with Crippen molar-refractivity contribution in [3.8, 4) is 11.4 Å². The zero-order chi connectivity index (χ0) is 24.2. The van der Waals surface area contributed by atoms with Crippen LogP contribution in [0.1, 0.15) is 55.4 Å². The maximum Gasteiger partial charge on any atom is 0.254 e. The number of rotatable bonds is 6. The van der Waals surface area contributed by atoms with E-state index >= 15 is 0 Å². The van der Waals surface area contributed by atoms with Crippen molar-refractivity contribution in [2.45, 2.75) is 45.2 Å². The van der Waals surface area contributed by atoms with Gasteiger partial charge in [0.1, 0.15) is 12.6 Å². The molecule has 2 amide bonds. The van der Waals surface area contributed by atoms with Crippen LogP contribution in [0.3, 0.4) is 0 Å². The first-order valence-electron chi connectivity index (χ1n) is 11.3. The number of halogens is 2. The Morgan fingerprint density at radius 3 is 2.59 bits per heavy atom. The van der Waals surface area contributed by atoms with Crippen LogP contribution in [-0.2, 0) is 4.79 Å². The fraction of sp³-hybridized carbons (Fsp3) is 0.360. The number of amides is 2. The number of hydrogen-bond acceptors (Lipinski definition) is 5. The number of hydrogen-bond donors (Lipinski definition) is 0. The van der Waals surface area contributed by atoms with Crippen molar-refractivity contribution in [2.75, 3.05) is 13.1 Å². The Bertz CT molecular complexity index is 1160. The lowest BCUT2D eigenvalue weighted by Crippen LogP contribution is -2.48. The molecule has 7 nitrogen and oxygen atoms in total. The Morgan fingerprint density at radius 1 is 1.12 bits per heavy atom. The molecule has 1 aromatic heterocycles. The van der Waals surface area contributed by atoms with E-state index in [4.69, 9.17) is 27.7 Å². The van der Waals surface area contributed by atoms with E-state index in [1.54, 1.807) is 46.2 Å². The summed E-state index contributed by atoms with van der Waals surface area (Å²) in [5.41, 5.74) is 1.24. The molecule has 0 saturated carbocycles. The molecule has 2 aromatic carbocycles. The summed E-state index contributed by atoms with van der Waals surface area (Å²) in [5.74, 6) is 0.457. The summed E-state index contributed by atoms with van der Waals surface area (Å²) >= 11 is 12.0. The molecule has 1 saturated heterocycles. The third-order valence-electron chi connectivity index (χ3n) is 5.91. The Labute approximate surface area is 208 Å². The van der Waals surface area contributed by atoms with E-state index in [0.717, 1.165) is 24.8 Å². The first-order valence-corrected chi connectivity index (χ1v) is 12.0. The van der Waals surface area contributed by atoms with Gasteiger partial charge in [-0.05, 0) is 69.5 Å². The van der Waals surface area contributed by atoms with Gasteiger partial charge in [0.15, 0.2) is 0 Å².